The number of hydrogen-bond donors (Lipinski definition) is 2. The predicted octanol–water partition coefficient (Wildman–Crippen LogP) is 0.0647. The van der Waals surface area contributed by atoms with E-state index in [-0.39, 0.29) is 11.0 Å². The Balaban J connectivity index is 2.52. The van der Waals surface area contributed by atoms with Crippen molar-refractivity contribution in [2.24, 2.45) is 5.73 Å². The summed E-state index contributed by atoms with van der Waals surface area (Å²) in [6, 6.07) is 0.275. The number of likely N-dealkylation sites (tertiary alicyclic amines) is 1. The summed E-state index contributed by atoms with van der Waals surface area (Å²) in [6.45, 7) is 2.97. The average Bonchev–Trinajstić information content (AvgIpc) is 2.27. The van der Waals surface area contributed by atoms with E-state index in [4.69, 9.17) is 18.0 Å². The van der Waals surface area contributed by atoms with E-state index in [1.54, 1.807) is 0 Å². The minimum Gasteiger partial charge on any atom is -0.392 e. The van der Waals surface area contributed by atoms with Gasteiger partial charge in [-0.1, -0.05) is 18.6 Å². The molecule has 1 fully saturated rings. The van der Waals surface area contributed by atoms with Crippen LogP contribution in [0, 0.1) is 0 Å². The van der Waals surface area contributed by atoms with Gasteiger partial charge >= 0.3 is 0 Å². The molecule has 5 nitrogen and oxygen atoms in total. The van der Waals surface area contributed by atoms with Gasteiger partial charge in [0.1, 0.15) is 5.25 Å². The highest BCUT2D eigenvalue weighted by Gasteiger charge is 2.26. The number of thiocarbonyl (C=S) groups is 1. The highest BCUT2D eigenvalue weighted by atomic mass is 32.2. The van der Waals surface area contributed by atoms with Crippen LogP contribution < -0.4 is 10.5 Å². The maximum atomic E-state index is 11.8. The fourth-order valence-corrected chi connectivity index (χ4v) is 3.25. The molecule has 1 aliphatic rings. The predicted molar refractivity (Wildman–Crippen MR) is 73.4 cm³/mol. The lowest BCUT2D eigenvalue weighted by atomic mass is 10.0. The molecule has 0 radical (unpaired) electrons. The molecule has 2 unspecified atom stereocenters. The molecule has 0 aliphatic carbocycles. The number of nitrogens with zero attached hydrogens (tertiary/aromatic N) is 1. The summed E-state index contributed by atoms with van der Waals surface area (Å²) >= 11 is 4.71. The summed E-state index contributed by atoms with van der Waals surface area (Å²) in [7, 11) is -1.40. The summed E-state index contributed by atoms with van der Waals surface area (Å²) < 4.78 is 26.3. The molecule has 1 saturated heterocycles. The number of nitrogens with one attached hydrogen (secondary N) is 1. The first kappa shape index (κ1) is 14.8. The Morgan fingerprint density at radius 1 is 1.59 bits per heavy atom. The third kappa shape index (κ3) is 4.17. The molecule has 0 aromatic heterocycles. The molecule has 0 spiro atoms. The molecule has 1 rings (SSSR count). The minimum absolute atomic E-state index is 0.00880. The second-order valence-corrected chi connectivity index (χ2v) is 7.13. The van der Waals surface area contributed by atoms with Gasteiger partial charge in [-0.2, -0.15) is 0 Å². The maximum absolute atomic E-state index is 11.8. The molecule has 1 aliphatic heterocycles. The van der Waals surface area contributed by atoms with Crippen molar-refractivity contribution in [1.82, 2.24) is 9.62 Å². The minimum atomic E-state index is -3.43. The summed E-state index contributed by atoms with van der Waals surface area (Å²) in [5.74, 6) is 0. The monoisotopic (exact) mass is 279 g/mol. The molecule has 0 amide bonds. The van der Waals surface area contributed by atoms with Crippen LogP contribution in [0.2, 0.25) is 0 Å². The van der Waals surface area contributed by atoms with Gasteiger partial charge in [0.2, 0.25) is 10.0 Å². The fraction of sp³-hybridized carbons (Fsp3) is 0.900. The van der Waals surface area contributed by atoms with Crippen LogP contribution in [-0.4, -0.2) is 49.7 Å². The molecule has 2 atom stereocenters. The first-order chi connectivity index (χ1) is 7.84. The van der Waals surface area contributed by atoms with Gasteiger partial charge in [-0.05, 0) is 33.4 Å². The Hall–Kier alpha value is -0.240. The third-order valence-corrected chi connectivity index (χ3v) is 5.56. The van der Waals surface area contributed by atoms with E-state index in [9.17, 15) is 8.42 Å². The van der Waals surface area contributed by atoms with Crippen molar-refractivity contribution in [3.8, 4) is 0 Å². The first-order valence-electron chi connectivity index (χ1n) is 5.82. The van der Waals surface area contributed by atoms with Crippen molar-refractivity contribution < 1.29 is 8.42 Å². The normalized spacial score (nSPS) is 24.5. The lowest BCUT2D eigenvalue weighted by molar-refractivity contribution is 0.187. The number of nitrogens with two attached hydrogens (primary N) is 1. The molecule has 0 saturated carbocycles. The van der Waals surface area contributed by atoms with Crippen LogP contribution in [0.1, 0.15) is 26.2 Å². The van der Waals surface area contributed by atoms with Gasteiger partial charge in [0.05, 0.1) is 4.99 Å². The molecule has 0 aromatic rings. The van der Waals surface area contributed by atoms with E-state index >= 15 is 0 Å². The lowest BCUT2D eigenvalue weighted by Crippen LogP contribution is -2.47. The smallest absolute Gasteiger partial charge is 0.220 e. The standard InChI is InChI=1S/C10H21N3O2S2/c1-8(10(11)16)17(14,15)12-7-9-5-3-4-6-13(9)2/h8-9,12H,3-7H2,1-2H3,(H2,11,16). The Kier molecular flexibility index (Phi) is 5.30. The molecule has 17 heavy (non-hydrogen) atoms. The quantitative estimate of drug-likeness (QED) is 0.696. The SMILES string of the molecule is CC(C(N)=S)S(=O)(=O)NCC1CCCCN1C. The summed E-state index contributed by atoms with van der Waals surface area (Å²) in [4.78, 5) is 2.20. The topological polar surface area (TPSA) is 75.4 Å². The fourth-order valence-electron chi connectivity index (χ4n) is 1.89. The number of piperidine rings is 1. The zero-order chi connectivity index (χ0) is 13.1. The third-order valence-electron chi connectivity index (χ3n) is 3.31. The number of rotatable bonds is 5. The highest BCUT2D eigenvalue weighted by Crippen LogP contribution is 2.14. The molecule has 1 heterocycles. The van der Waals surface area contributed by atoms with Crippen LogP contribution in [0.25, 0.3) is 0 Å². The second kappa shape index (κ2) is 6.08. The molecule has 0 bridgehead atoms. The van der Waals surface area contributed by atoms with Gasteiger partial charge in [-0.3, -0.25) is 0 Å². The van der Waals surface area contributed by atoms with Crippen LogP contribution in [-0.2, 0) is 10.0 Å². The number of hydrogen-bond acceptors (Lipinski definition) is 4. The Morgan fingerprint density at radius 2 is 2.24 bits per heavy atom. The van der Waals surface area contributed by atoms with Crippen molar-refractivity contribution in [2.75, 3.05) is 20.1 Å². The zero-order valence-corrected chi connectivity index (χ0v) is 12.0. The Morgan fingerprint density at radius 3 is 2.76 bits per heavy atom. The summed E-state index contributed by atoms with van der Waals surface area (Å²) in [6.07, 6.45) is 3.37. The van der Waals surface area contributed by atoms with Gasteiger partial charge in [0.25, 0.3) is 0 Å². The number of sulfonamides is 1. The first-order valence-corrected chi connectivity index (χ1v) is 7.78. The Labute approximate surface area is 109 Å². The van der Waals surface area contributed by atoms with Crippen molar-refractivity contribution >= 4 is 27.2 Å². The van der Waals surface area contributed by atoms with Gasteiger partial charge in [-0.15, -0.1) is 0 Å². The lowest BCUT2D eigenvalue weighted by Gasteiger charge is -2.32. The van der Waals surface area contributed by atoms with Gasteiger partial charge in [0.15, 0.2) is 0 Å². The second-order valence-electron chi connectivity index (χ2n) is 4.57. The van der Waals surface area contributed by atoms with E-state index in [0.717, 1.165) is 19.4 Å². The highest BCUT2D eigenvalue weighted by molar-refractivity contribution is 7.93. The van der Waals surface area contributed by atoms with Crippen LogP contribution >= 0.6 is 12.2 Å². The molecular weight excluding hydrogens is 258 g/mol. The summed E-state index contributed by atoms with van der Waals surface area (Å²) in [5.41, 5.74) is 5.36. The van der Waals surface area contributed by atoms with Gasteiger partial charge in [0, 0.05) is 12.6 Å². The van der Waals surface area contributed by atoms with E-state index in [1.807, 2.05) is 7.05 Å². The number of likely N-dealkylation sites (N-methyl/N-ethyl adjacent to an activating group) is 1. The molecule has 7 heteroatoms. The Bertz CT molecular complexity index is 370. The van der Waals surface area contributed by atoms with Crippen LogP contribution in [0.4, 0.5) is 0 Å². The van der Waals surface area contributed by atoms with Crippen LogP contribution in [0.3, 0.4) is 0 Å². The van der Waals surface area contributed by atoms with Gasteiger partial charge in [-0.25, -0.2) is 13.1 Å². The molecular formula is C10H21N3O2S2. The average molecular weight is 279 g/mol. The van der Waals surface area contributed by atoms with Crippen LogP contribution in [0.5, 0.6) is 0 Å². The maximum Gasteiger partial charge on any atom is 0.220 e. The van der Waals surface area contributed by atoms with Crippen molar-refractivity contribution in [3.05, 3.63) is 0 Å². The molecule has 0 aromatic carbocycles. The molecule has 3 N–H and O–H groups in total. The summed E-state index contributed by atoms with van der Waals surface area (Å²) in [5, 5.41) is -0.814. The zero-order valence-electron chi connectivity index (χ0n) is 10.3. The van der Waals surface area contributed by atoms with Crippen molar-refractivity contribution in [1.29, 1.82) is 0 Å². The van der Waals surface area contributed by atoms with E-state index in [0.29, 0.717) is 6.54 Å². The van der Waals surface area contributed by atoms with Crippen LogP contribution in [0.15, 0.2) is 0 Å². The van der Waals surface area contributed by atoms with Crippen molar-refractivity contribution in [2.45, 2.75) is 37.5 Å². The van der Waals surface area contributed by atoms with E-state index < -0.39 is 15.3 Å². The van der Waals surface area contributed by atoms with Gasteiger partial charge < -0.3 is 10.6 Å². The van der Waals surface area contributed by atoms with Crippen molar-refractivity contribution in [3.63, 3.8) is 0 Å². The van der Waals surface area contributed by atoms with E-state index in [1.165, 1.54) is 13.3 Å². The largest absolute Gasteiger partial charge is 0.392 e. The van der Waals surface area contributed by atoms with E-state index in [2.05, 4.69) is 9.62 Å². The molecule has 100 valence electrons.